The molecule has 1 aliphatic carbocycles. The van der Waals surface area contributed by atoms with Gasteiger partial charge in [-0.1, -0.05) is 38.0 Å². The Labute approximate surface area is 217 Å². The Morgan fingerprint density at radius 2 is 1.81 bits per heavy atom. The first-order valence-electron chi connectivity index (χ1n) is 13.2. The lowest BCUT2D eigenvalue weighted by Crippen LogP contribution is -2.33. The van der Waals surface area contributed by atoms with E-state index in [2.05, 4.69) is 58.3 Å². The zero-order valence-electron chi connectivity index (χ0n) is 22.2. The van der Waals surface area contributed by atoms with E-state index in [0.29, 0.717) is 19.1 Å². The quantitative estimate of drug-likeness (QED) is 0.331. The molecule has 0 amide bonds. The Kier molecular flexibility index (Phi) is 7.37. The van der Waals surface area contributed by atoms with E-state index >= 15 is 0 Å². The summed E-state index contributed by atoms with van der Waals surface area (Å²) in [6.45, 7) is 7.39. The fraction of sp³-hybridized carbons (Fsp3) is 0.448. The molecule has 2 heterocycles. The van der Waals surface area contributed by atoms with Crippen LogP contribution >= 0.6 is 0 Å². The number of benzene rings is 2. The largest absolute Gasteiger partial charge is 0.496 e. The fourth-order valence-corrected chi connectivity index (χ4v) is 5.62. The highest BCUT2D eigenvalue weighted by atomic mass is 16.5. The van der Waals surface area contributed by atoms with Gasteiger partial charge in [-0.25, -0.2) is 4.68 Å². The van der Waals surface area contributed by atoms with Crippen molar-refractivity contribution in [3.8, 4) is 5.75 Å². The number of aromatic amines is 1. The summed E-state index contributed by atoms with van der Waals surface area (Å²) in [6.07, 6.45) is 5.42. The molecule has 0 saturated heterocycles. The Morgan fingerprint density at radius 3 is 2.57 bits per heavy atom. The molecule has 37 heavy (non-hydrogen) atoms. The van der Waals surface area contributed by atoms with E-state index < -0.39 is 0 Å². The third-order valence-electron chi connectivity index (χ3n) is 7.79. The standard InChI is InChI=1S/C29H36N6O2/c1-5-26(28-31-32-33-35(28)24-11-7-8-12-24)34(17-21-10-6-9-13-27(21)37-4)18-23-16-22-14-19(2)20(3)15-25(22)30-29(23)36/h6,9-10,13-16,24,26H,5,7-8,11-12,17-18H2,1-4H3,(H,30,36). The Balaban J connectivity index is 1.56. The van der Waals surface area contributed by atoms with Crippen molar-refractivity contribution in [3.63, 3.8) is 0 Å². The number of methoxy groups -OCH3 is 1. The first-order chi connectivity index (χ1) is 18.0. The Hall–Kier alpha value is -3.52. The summed E-state index contributed by atoms with van der Waals surface area (Å²) in [4.78, 5) is 18.7. The van der Waals surface area contributed by atoms with Crippen molar-refractivity contribution >= 4 is 10.9 Å². The summed E-state index contributed by atoms with van der Waals surface area (Å²) >= 11 is 0. The molecule has 2 aromatic carbocycles. The average molecular weight is 501 g/mol. The molecule has 8 heteroatoms. The van der Waals surface area contributed by atoms with Gasteiger partial charge in [0.05, 0.1) is 19.2 Å². The number of para-hydroxylation sites is 1. The van der Waals surface area contributed by atoms with Crippen molar-refractivity contribution in [2.45, 2.75) is 78.0 Å². The Morgan fingerprint density at radius 1 is 1.08 bits per heavy atom. The first kappa shape index (κ1) is 25.1. The molecule has 0 spiro atoms. The van der Waals surface area contributed by atoms with Crippen LogP contribution < -0.4 is 10.3 Å². The number of aryl methyl sites for hydroxylation is 2. The second kappa shape index (κ2) is 10.8. The second-order valence-corrected chi connectivity index (χ2v) is 10.2. The van der Waals surface area contributed by atoms with Gasteiger partial charge in [0, 0.05) is 29.7 Å². The van der Waals surface area contributed by atoms with E-state index in [1.807, 2.05) is 35.0 Å². The topological polar surface area (TPSA) is 88.9 Å². The monoisotopic (exact) mass is 500 g/mol. The molecule has 1 atom stereocenters. The summed E-state index contributed by atoms with van der Waals surface area (Å²) in [5.41, 5.74) is 4.96. The van der Waals surface area contributed by atoms with Crippen molar-refractivity contribution in [1.29, 1.82) is 0 Å². The van der Waals surface area contributed by atoms with Crippen molar-refractivity contribution in [2.24, 2.45) is 0 Å². The molecule has 194 valence electrons. The number of pyridine rings is 1. The van der Waals surface area contributed by atoms with E-state index in [0.717, 1.165) is 52.9 Å². The molecule has 1 fully saturated rings. The van der Waals surface area contributed by atoms with E-state index in [4.69, 9.17) is 4.74 Å². The van der Waals surface area contributed by atoms with Crippen LogP contribution in [-0.2, 0) is 13.1 Å². The normalized spacial score (nSPS) is 15.1. The van der Waals surface area contributed by atoms with Crippen LogP contribution in [0.5, 0.6) is 5.75 Å². The molecule has 1 N–H and O–H groups in total. The number of hydrogen-bond donors (Lipinski definition) is 1. The van der Waals surface area contributed by atoms with Crippen LogP contribution in [0.2, 0.25) is 0 Å². The second-order valence-electron chi connectivity index (χ2n) is 10.2. The van der Waals surface area contributed by atoms with Gasteiger partial charge in [-0.3, -0.25) is 9.69 Å². The summed E-state index contributed by atoms with van der Waals surface area (Å²) < 4.78 is 7.71. The third kappa shape index (κ3) is 5.16. The zero-order chi connectivity index (χ0) is 25.9. The van der Waals surface area contributed by atoms with Gasteiger partial charge in [-0.05, 0) is 84.3 Å². The molecule has 4 aromatic rings. The summed E-state index contributed by atoms with van der Waals surface area (Å²) in [6, 6.07) is 14.6. The molecular weight excluding hydrogens is 464 g/mol. The van der Waals surface area contributed by atoms with Crippen LogP contribution in [0.15, 0.2) is 47.3 Å². The van der Waals surface area contributed by atoms with Crippen LogP contribution in [0.1, 0.15) is 79.2 Å². The summed E-state index contributed by atoms with van der Waals surface area (Å²) in [5, 5.41) is 14.1. The Bertz CT molecular complexity index is 1440. The molecule has 1 saturated carbocycles. The zero-order valence-corrected chi connectivity index (χ0v) is 22.2. The van der Waals surface area contributed by atoms with E-state index in [9.17, 15) is 4.79 Å². The average Bonchev–Trinajstić information content (AvgIpc) is 3.59. The van der Waals surface area contributed by atoms with Crippen molar-refractivity contribution in [3.05, 3.63) is 80.9 Å². The fourth-order valence-electron chi connectivity index (χ4n) is 5.62. The van der Waals surface area contributed by atoms with Crippen LogP contribution in [-0.4, -0.2) is 37.2 Å². The van der Waals surface area contributed by atoms with E-state index in [1.165, 1.54) is 24.0 Å². The first-order valence-corrected chi connectivity index (χ1v) is 13.2. The van der Waals surface area contributed by atoms with Gasteiger partial charge in [-0.2, -0.15) is 0 Å². The minimum Gasteiger partial charge on any atom is -0.496 e. The molecule has 2 aromatic heterocycles. The third-order valence-corrected chi connectivity index (χ3v) is 7.79. The maximum Gasteiger partial charge on any atom is 0.252 e. The van der Waals surface area contributed by atoms with Gasteiger partial charge in [0.2, 0.25) is 0 Å². The van der Waals surface area contributed by atoms with Crippen LogP contribution in [0.3, 0.4) is 0 Å². The van der Waals surface area contributed by atoms with E-state index in [-0.39, 0.29) is 11.6 Å². The molecule has 1 aliphatic rings. The highest BCUT2D eigenvalue weighted by molar-refractivity contribution is 5.80. The summed E-state index contributed by atoms with van der Waals surface area (Å²) in [5.74, 6) is 1.70. The minimum atomic E-state index is -0.0639. The number of ether oxygens (including phenoxy) is 1. The van der Waals surface area contributed by atoms with Gasteiger partial charge >= 0.3 is 0 Å². The molecule has 0 radical (unpaired) electrons. The number of H-pyrrole nitrogens is 1. The molecule has 8 nitrogen and oxygen atoms in total. The lowest BCUT2D eigenvalue weighted by Gasteiger charge is -2.31. The minimum absolute atomic E-state index is 0.0598. The predicted molar refractivity (Wildman–Crippen MR) is 145 cm³/mol. The molecular formula is C29H36N6O2. The maximum atomic E-state index is 13.3. The van der Waals surface area contributed by atoms with E-state index in [1.54, 1.807) is 7.11 Å². The predicted octanol–water partition coefficient (Wildman–Crippen LogP) is 5.41. The van der Waals surface area contributed by atoms with Gasteiger partial charge < -0.3 is 9.72 Å². The van der Waals surface area contributed by atoms with Gasteiger partial charge in [-0.15, -0.1) is 5.10 Å². The lowest BCUT2D eigenvalue weighted by molar-refractivity contribution is 0.156. The number of hydrogen-bond acceptors (Lipinski definition) is 6. The number of nitrogens with zero attached hydrogens (tertiary/aromatic N) is 5. The number of tetrazole rings is 1. The van der Waals surface area contributed by atoms with Crippen molar-refractivity contribution in [1.82, 2.24) is 30.1 Å². The maximum absolute atomic E-state index is 13.3. The SMILES string of the molecule is CCC(c1nnnn1C1CCCC1)N(Cc1ccccc1OC)Cc1cc2cc(C)c(C)cc2[nH]c1=O. The molecule has 0 bridgehead atoms. The van der Waals surface area contributed by atoms with Crippen LogP contribution in [0.4, 0.5) is 0 Å². The number of fused-ring (bicyclic) bond motifs is 1. The van der Waals surface area contributed by atoms with Gasteiger partial charge in [0.25, 0.3) is 5.56 Å². The molecule has 5 rings (SSSR count). The number of rotatable bonds is 9. The molecule has 1 unspecified atom stereocenters. The van der Waals surface area contributed by atoms with Crippen molar-refractivity contribution < 1.29 is 4.74 Å². The molecule has 0 aliphatic heterocycles. The van der Waals surface area contributed by atoms with Crippen LogP contribution in [0, 0.1) is 13.8 Å². The van der Waals surface area contributed by atoms with Crippen LogP contribution in [0.25, 0.3) is 10.9 Å². The highest BCUT2D eigenvalue weighted by Crippen LogP contribution is 2.34. The number of nitrogens with one attached hydrogen (secondary N) is 1. The van der Waals surface area contributed by atoms with Crippen molar-refractivity contribution in [2.75, 3.05) is 7.11 Å². The van der Waals surface area contributed by atoms with Gasteiger partial charge in [0.15, 0.2) is 5.82 Å². The summed E-state index contributed by atoms with van der Waals surface area (Å²) in [7, 11) is 1.69. The smallest absolute Gasteiger partial charge is 0.252 e. The number of aromatic nitrogens is 5. The highest BCUT2D eigenvalue weighted by Gasteiger charge is 2.30. The van der Waals surface area contributed by atoms with Gasteiger partial charge in [0.1, 0.15) is 5.75 Å². The lowest BCUT2D eigenvalue weighted by atomic mass is 10.0.